The number of nitrogens with one attached hydrogen (secondary N) is 1. The lowest BCUT2D eigenvalue weighted by Crippen LogP contribution is -2.54. The topological polar surface area (TPSA) is 71.4 Å². The Morgan fingerprint density at radius 3 is 2.19 bits per heavy atom. The molecule has 1 N–H and O–H groups in total. The average Bonchev–Trinajstić information content (AvgIpc) is 3.33. The second-order valence-electron chi connectivity index (χ2n) is 13.0. The molecule has 1 aliphatic heterocycles. The van der Waals surface area contributed by atoms with Crippen molar-refractivity contribution >= 4 is 40.5 Å². The van der Waals surface area contributed by atoms with Gasteiger partial charge in [0.15, 0.2) is 0 Å². The summed E-state index contributed by atoms with van der Waals surface area (Å²) in [5.74, 6) is 0.750. The molecule has 4 saturated carbocycles. The van der Waals surface area contributed by atoms with Gasteiger partial charge in [0.25, 0.3) is 11.8 Å². The Morgan fingerprint density at radius 1 is 0.837 bits per heavy atom. The third-order valence-electron chi connectivity index (χ3n) is 10.3. The molecule has 2 heterocycles. The molecule has 0 spiro atoms. The highest BCUT2D eigenvalue weighted by Gasteiger charge is 2.51. The molecule has 4 amide bonds. The summed E-state index contributed by atoms with van der Waals surface area (Å²) in [5, 5.41) is 3.17. The van der Waals surface area contributed by atoms with Gasteiger partial charge in [0.1, 0.15) is 11.4 Å². The number of aromatic nitrogens is 1. The number of anilines is 1. The van der Waals surface area contributed by atoms with Gasteiger partial charge in [-0.2, -0.15) is 0 Å². The van der Waals surface area contributed by atoms with Crippen molar-refractivity contribution in [2.45, 2.75) is 50.5 Å². The number of amides is 4. The van der Waals surface area contributed by atoms with Crippen LogP contribution in [0.3, 0.4) is 0 Å². The van der Waals surface area contributed by atoms with Gasteiger partial charge in [-0.3, -0.25) is 14.9 Å². The number of imide groups is 2. The monoisotopic (exact) mass is 573 g/mol. The molecule has 6 nitrogen and oxygen atoms in total. The average molecular weight is 574 g/mol. The first-order valence-corrected chi connectivity index (χ1v) is 15.2. The molecule has 7 heteroatoms. The number of rotatable bonds is 5. The van der Waals surface area contributed by atoms with Crippen molar-refractivity contribution in [2.24, 2.45) is 17.8 Å². The molecule has 0 unspecified atom stereocenters. The minimum Gasteiger partial charge on any atom is -0.342 e. The molecule has 4 aromatic rings. The van der Waals surface area contributed by atoms with Gasteiger partial charge in [-0.25, -0.2) is 14.1 Å². The van der Waals surface area contributed by atoms with E-state index >= 15 is 0 Å². The van der Waals surface area contributed by atoms with Crippen LogP contribution in [-0.2, 0) is 21.5 Å². The fourth-order valence-corrected chi connectivity index (χ4v) is 8.81. The van der Waals surface area contributed by atoms with Gasteiger partial charge < -0.3 is 4.57 Å². The number of para-hydroxylation sites is 1. The zero-order chi connectivity index (χ0) is 29.3. The van der Waals surface area contributed by atoms with E-state index in [1.807, 2.05) is 47.2 Å². The third kappa shape index (κ3) is 4.32. The van der Waals surface area contributed by atoms with Gasteiger partial charge in [0.05, 0.1) is 12.2 Å². The summed E-state index contributed by atoms with van der Waals surface area (Å²) in [6.07, 6.45) is 11.1. The highest BCUT2D eigenvalue weighted by Crippen LogP contribution is 2.60. The predicted octanol–water partition coefficient (Wildman–Crippen LogP) is 6.96. The molecule has 1 aromatic heterocycles. The molecule has 5 fully saturated rings. The maximum atomic E-state index is 14.4. The maximum Gasteiger partial charge on any atom is 0.335 e. The van der Waals surface area contributed by atoms with Crippen molar-refractivity contribution in [1.29, 1.82) is 0 Å². The van der Waals surface area contributed by atoms with Crippen molar-refractivity contribution in [3.63, 3.8) is 0 Å². The Balaban J connectivity index is 1.11. The van der Waals surface area contributed by atoms with Crippen LogP contribution in [0, 0.1) is 23.6 Å². The first-order chi connectivity index (χ1) is 20.9. The van der Waals surface area contributed by atoms with Crippen molar-refractivity contribution < 1.29 is 18.8 Å². The Hall–Kier alpha value is -4.52. The molecule has 4 aliphatic carbocycles. The summed E-state index contributed by atoms with van der Waals surface area (Å²) >= 11 is 0. The second-order valence-corrected chi connectivity index (χ2v) is 13.0. The zero-order valence-corrected chi connectivity index (χ0v) is 23.8. The summed E-state index contributed by atoms with van der Waals surface area (Å²) < 4.78 is 16.3. The zero-order valence-electron chi connectivity index (χ0n) is 23.8. The van der Waals surface area contributed by atoms with Gasteiger partial charge in [-0.05, 0) is 97.6 Å². The molecule has 5 aliphatic rings. The number of benzene rings is 3. The predicted molar refractivity (Wildman–Crippen MR) is 163 cm³/mol. The fraction of sp³-hybridized carbons (Fsp3) is 0.306. The van der Waals surface area contributed by atoms with E-state index in [0.717, 1.165) is 33.6 Å². The summed E-state index contributed by atoms with van der Waals surface area (Å²) in [4.78, 5) is 40.8. The number of nitrogens with zero attached hydrogens (tertiary/aromatic N) is 2. The fourth-order valence-electron chi connectivity index (χ4n) is 8.81. The lowest BCUT2D eigenvalue weighted by atomic mass is 9.48. The van der Waals surface area contributed by atoms with Crippen molar-refractivity contribution in [2.75, 3.05) is 4.90 Å². The molecule has 3 aromatic carbocycles. The smallest absolute Gasteiger partial charge is 0.335 e. The van der Waals surface area contributed by atoms with Crippen molar-refractivity contribution in [1.82, 2.24) is 9.88 Å². The van der Waals surface area contributed by atoms with Crippen LogP contribution < -0.4 is 10.2 Å². The summed E-state index contributed by atoms with van der Waals surface area (Å²) in [6, 6.07) is 21.3. The van der Waals surface area contributed by atoms with Crippen LogP contribution >= 0.6 is 0 Å². The molecule has 4 bridgehead atoms. The number of hydrogen-bond acceptors (Lipinski definition) is 3. The standard InChI is InChI=1S/C36H32FN3O3/c37-31-7-3-1-5-25(31)20-39-21-26(29-6-2-4-8-32(29)39)16-30-33(41)38-35(43)40(34(30)42)28-11-9-27(10-12-28)36-17-22-13-23(18-36)15-24(14-22)19-36/h1-12,16,21-24H,13-15,17-20H2,(H,38,41,43)/b30-16+. The normalized spacial score (nSPS) is 27.4. The number of halogens is 1. The molecule has 9 rings (SSSR count). The van der Waals surface area contributed by atoms with E-state index in [-0.39, 0.29) is 23.4 Å². The van der Waals surface area contributed by atoms with Crippen LogP contribution in [0.2, 0.25) is 0 Å². The Labute approximate surface area is 249 Å². The first-order valence-electron chi connectivity index (χ1n) is 15.2. The van der Waals surface area contributed by atoms with Crippen molar-refractivity contribution in [3.8, 4) is 0 Å². The Bertz CT molecular complexity index is 1800. The number of barbiturate groups is 1. The van der Waals surface area contributed by atoms with Crippen LogP contribution in [0.5, 0.6) is 0 Å². The molecule has 1 saturated heterocycles. The number of carbonyl (C=O) groups excluding carboxylic acids is 3. The number of fused-ring (bicyclic) bond motifs is 1. The minimum absolute atomic E-state index is 0.126. The molecule has 0 atom stereocenters. The molecule has 0 radical (unpaired) electrons. The molecular formula is C36H32FN3O3. The van der Waals surface area contributed by atoms with E-state index in [0.29, 0.717) is 16.8 Å². The number of urea groups is 1. The van der Waals surface area contributed by atoms with E-state index in [9.17, 15) is 18.8 Å². The lowest BCUT2D eigenvalue weighted by molar-refractivity contribution is -0.122. The van der Waals surface area contributed by atoms with Crippen LogP contribution in [0.25, 0.3) is 17.0 Å². The van der Waals surface area contributed by atoms with Gasteiger partial charge in [-0.1, -0.05) is 48.5 Å². The van der Waals surface area contributed by atoms with Crippen LogP contribution in [0.1, 0.15) is 55.2 Å². The second kappa shape index (κ2) is 9.76. The van der Waals surface area contributed by atoms with Crippen LogP contribution in [0.15, 0.2) is 84.6 Å². The Morgan fingerprint density at radius 2 is 1.49 bits per heavy atom. The lowest BCUT2D eigenvalue weighted by Gasteiger charge is -2.57. The highest BCUT2D eigenvalue weighted by atomic mass is 19.1. The maximum absolute atomic E-state index is 14.4. The van der Waals surface area contributed by atoms with Gasteiger partial charge >= 0.3 is 6.03 Å². The number of carbonyl (C=O) groups is 3. The van der Waals surface area contributed by atoms with E-state index in [1.165, 1.54) is 56.2 Å². The molecule has 216 valence electrons. The van der Waals surface area contributed by atoms with E-state index in [1.54, 1.807) is 18.2 Å². The Kier molecular flexibility index (Phi) is 5.93. The van der Waals surface area contributed by atoms with Gasteiger partial charge in [-0.15, -0.1) is 0 Å². The van der Waals surface area contributed by atoms with Gasteiger partial charge in [0, 0.05) is 28.2 Å². The summed E-state index contributed by atoms with van der Waals surface area (Å²) in [7, 11) is 0. The summed E-state index contributed by atoms with van der Waals surface area (Å²) in [6.45, 7) is 0.289. The SMILES string of the molecule is O=C1NC(=O)N(c2ccc(C34CC5CC(CC(C5)C3)C4)cc2)C(=O)/C1=C/c1cn(Cc2ccccc2F)c2ccccc12. The van der Waals surface area contributed by atoms with Gasteiger partial charge in [0.2, 0.25) is 0 Å². The van der Waals surface area contributed by atoms with E-state index in [2.05, 4.69) is 17.4 Å². The van der Waals surface area contributed by atoms with Crippen molar-refractivity contribution in [3.05, 3.63) is 107 Å². The largest absolute Gasteiger partial charge is 0.342 e. The van der Waals surface area contributed by atoms with Crippen LogP contribution in [-0.4, -0.2) is 22.4 Å². The molecular weight excluding hydrogens is 541 g/mol. The quantitative estimate of drug-likeness (QED) is 0.207. The summed E-state index contributed by atoms with van der Waals surface area (Å²) in [5.41, 5.74) is 3.83. The third-order valence-corrected chi connectivity index (χ3v) is 10.3. The van der Waals surface area contributed by atoms with E-state index in [4.69, 9.17) is 0 Å². The minimum atomic E-state index is -0.753. The number of hydrogen-bond donors (Lipinski definition) is 1. The van der Waals surface area contributed by atoms with E-state index < -0.39 is 17.8 Å². The highest BCUT2D eigenvalue weighted by molar-refractivity contribution is 6.39. The first kappa shape index (κ1) is 26.1. The van der Waals surface area contributed by atoms with Crippen LogP contribution in [0.4, 0.5) is 14.9 Å². The molecule has 43 heavy (non-hydrogen) atoms.